The zero-order valence-corrected chi connectivity index (χ0v) is 12.0. The molecule has 2 aromatic heterocycles. The normalized spacial score (nSPS) is 17.3. The van der Waals surface area contributed by atoms with Crippen LogP contribution < -0.4 is 0 Å². The molecule has 2 aromatic rings. The van der Waals surface area contributed by atoms with Crippen LogP contribution in [0.4, 0.5) is 0 Å². The van der Waals surface area contributed by atoms with Gasteiger partial charge in [0.15, 0.2) is 16.6 Å². The van der Waals surface area contributed by atoms with Crippen LogP contribution in [0.25, 0.3) is 10.8 Å². The maximum Gasteiger partial charge on any atom is 0.188 e. The Morgan fingerprint density at radius 3 is 2.58 bits per heavy atom. The highest BCUT2D eigenvalue weighted by atomic mass is 32.1. The van der Waals surface area contributed by atoms with Crippen LogP contribution in [0.15, 0.2) is 12.4 Å². The van der Waals surface area contributed by atoms with Crippen LogP contribution in [-0.2, 0) is 6.42 Å². The molecule has 0 bridgehead atoms. The topological polar surface area (TPSA) is 55.7 Å². The second-order valence-corrected chi connectivity index (χ2v) is 6.82. The number of nitrogens with zero attached hydrogens (tertiary/aromatic N) is 3. The second-order valence-electron chi connectivity index (χ2n) is 5.82. The monoisotopic (exact) mass is 273 g/mol. The lowest BCUT2D eigenvalue weighted by molar-refractivity contribution is 0.0916. The Kier molecular flexibility index (Phi) is 2.74. The third-order valence-electron chi connectivity index (χ3n) is 3.21. The minimum Gasteiger partial charge on any atom is -0.293 e. The highest BCUT2D eigenvalue weighted by Gasteiger charge is 2.34. The fraction of sp³-hybridized carbons (Fsp3) is 0.429. The molecule has 0 unspecified atom stereocenters. The van der Waals surface area contributed by atoms with Gasteiger partial charge in [0.1, 0.15) is 0 Å². The lowest BCUT2D eigenvalue weighted by Crippen LogP contribution is -2.25. The molecule has 5 heteroatoms. The Labute approximate surface area is 115 Å². The molecule has 0 atom stereocenters. The summed E-state index contributed by atoms with van der Waals surface area (Å²) in [6, 6.07) is 0. The van der Waals surface area contributed by atoms with Crippen molar-refractivity contribution in [1.82, 2.24) is 15.0 Å². The summed E-state index contributed by atoms with van der Waals surface area (Å²) in [5, 5.41) is 0.746. The summed E-state index contributed by atoms with van der Waals surface area (Å²) in [4.78, 5) is 26.0. The smallest absolute Gasteiger partial charge is 0.188 e. The maximum absolute atomic E-state index is 12.1. The van der Waals surface area contributed by atoms with Crippen LogP contribution in [0.3, 0.4) is 0 Å². The zero-order valence-electron chi connectivity index (χ0n) is 11.2. The molecular formula is C14H15N3OS. The minimum absolute atomic E-state index is 0.00353. The highest BCUT2D eigenvalue weighted by Crippen LogP contribution is 2.38. The fourth-order valence-electron chi connectivity index (χ4n) is 2.32. The number of aryl methyl sites for hydroxylation is 1. The lowest BCUT2D eigenvalue weighted by atomic mass is 9.78. The van der Waals surface area contributed by atoms with Crippen LogP contribution in [0.2, 0.25) is 0 Å². The number of thiazole rings is 1. The van der Waals surface area contributed by atoms with Crippen molar-refractivity contribution in [2.45, 2.75) is 33.6 Å². The molecule has 0 aliphatic heterocycles. The standard InChI is InChI=1S/C14H15N3OS/c1-8-6-15-12(16-7-8)13-17-9-4-14(2,3)5-10(18)11(9)19-13/h6-7H,4-5H2,1-3H3. The lowest BCUT2D eigenvalue weighted by Gasteiger charge is -2.26. The van der Waals surface area contributed by atoms with Crippen molar-refractivity contribution >= 4 is 17.1 Å². The SMILES string of the molecule is Cc1cnc(-c2nc3c(s2)C(=O)CC(C)(C)C3)nc1. The Morgan fingerprint density at radius 2 is 1.89 bits per heavy atom. The molecule has 3 rings (SSSR count). The molecule has 0 spiro atoms. The van der Waals surface area contributed by atoms with E-state index in [1.54, 1.807) is 12.4 Å². The molecule has 0 saturated heterocycles. The quantitative estimate of drug-likeness (QED) is 0.801. The van der Waals surface area contributed by atoms with Crippen LogP contribution in [-0.4, -0.2) is 20.7 Å². The van der Waals surface area contributed by atoms with Gasteiger partial charge in [-0.1, -0.05) is 13.8 Å². The molecule has 0 radical (unpaired) electrons. The van der Waals surface area contributed by atoms with E-state index < -0.39 is 0 Å². The van der Waals surface area contributed by atoms with Crippen LogP contribution in [0.5, 0.6) is 0 Å². The van der Waals surface area contributed by atoms with E-state index in [0.29, 0.717) is 12.2 Å². The van der Waals surface area contributed by atoms with Gasteiger partial charge < -0.3 is 0 Å². The van der Waals surface area contributed by atoms with Crippen LogP contribution in [0.1, 0.15) is 41.2 Å². The van der Waals surface area contributed by atoms with E-state index in [-0.39, 0.29) is 11.2 Å². The Morgan fingerprint density at radius 1 is 1.21 bits per heavy atom. The maximum atomic E-state index is 12.1. The van der Waals surface area contributed by atoms with E-state index in [4.69, 9.17) is 0 Å². The summed E-state index contributed by atoms with van der Waals surface area (Å²) >= 11 is 1.42. The number of aromatic nitrogens is 3. The minimum atomic E-state index is 0.00353. The molecule has 1 aliphatic carbocycles. The molecule has 2 heterocycles. The van der Waals surface area contributed by atoms with E-state index in [1.165, 1.54) is 11.3 Å². The third kappa shape index (κ3) is 2.30. The van der Waals surface area contributed by atoms with Gasteiger partial charge in [-0.25, -0.2) is 15.0 Å². The molecular weight excluding hydrogens is 258 g/mol. The number of hydrogen-bond acceptors (Lipinski definition) is 5. The number of carbonyl (C=O) groups excluding carboxylic acids is 1. The van der Waals surface area contributed by atoms with Crippen molar-refractivity contribution in [3.05, 3.63) is 28.5 Å². The first-order valence-electron chi connectivity index (χ1n) is 6.26. The fourth-order valence-corrected chi connectivity index (χ4v) is 3.29. The number of hydrogen-bond donors (Lipinski definition) is 0. The first-order valence-corrected chi connectivity index (χ1v) is 7.08. The summed E-state index contributed by atoms with van der Waals surface area (Å²) in [6.07, 6.45) is 4.98. The second kappa shape index (κ2) is 4.20. The van der Waals surface area contributed by atoms with Crippen molar-refractivity contribution in [2.24, 2.45) is 5.41 Å². The van der Waals surface area contributed by atoms with Crippen LogP contribution in [0, 0.1) is 12.3 Å². The molecule has 4 nitrogen and oxygen atoms in total. The molecule has 0 amide bonds. The van der Waals surface area contributed by atoms with Crippen molar-refractivity contribution in [2.75, 3.05) is 0 Å². The van der Waals surface area contributed by atoms with Gasteiger partial charge in [-0.3, -0.25) is 4.79 Å². The predicted octanol–water partition coefficient (Wildman–Crippen LogP) is 3.06. The molecule has 98 valence electrons. The van der Waals surface area contributed by atoms with Crippen molar-refractivity contribution in [3.63, 3.8) is 0 Å². The van der Waals surface area contributed by atoms with Gasteiger partial charge in [-0.05, 0) is 24.3 Å². The van der Waals surface area contributed by atoms with Gasteiger partial charge in [0, 0.05) is 18.8 Å². The van der Waals surface area contributed by atoms with Crippen molar-refractivity contribution < 1.29 is 4.79 Å². The third-order valence-corrected chi connectivity index (χ3v) is 4.34. The number of Topliss-reactive ketones (excluding diaryl/α,β-unsaturated/α-hetero) is 1. The number of fused-ring (bicyclic) bond motifs is 1. The predicted molar refractivity (Wildman–Crippen MR) is 74.3 cm³/mol. The van der Waals surface area contributed by atoms with Crippen molar-refractivity contribution in [3.8, 4) is 10.8 Å². The van der Waals surface area contributed by atoms with Gasteiger partial charge in [0.2, 0.25) is 0 Å². The first kappa shape index (κ1) is 12.4. The molecule has 1 aliphatic rings. The van der Waals surface area contributed by atoms with Gasteiger partial charge >= 0.3 is 0 Å². The molecule has 0 saturated carbocycles. The van der Waals surface area contributed by atoms with E-state index >= 15 is 0 Å². The number of rotatable bonds is 1. The molecule has 0 aromatic carbocycles. The summed E-state index contributed by atoms with van der Waals surface area (Å²) in [5.41, 5.74) is 1.93. The van der Waals surface area contributed by atoms with Gasteiger partial charge in [0.25, 0.3) is 0 Å². The zero-order chi connectivity index (χ0) is 13.6. The van der Waals surface area contributed by atoms with E-state index in [0.717, 1.165) is 27.6 Å². The van der Waals surface area contributed by atoms with E-state index in [9.17, 15) is 4.79 Å². The summed E-state index contributed by atoms with van der Waals surface area (Å²) in [6.45, 7) is 6.16. The number of carbonyl (C=O) groups is 1. The Bertz CT molecular complexity index is 643. The summed E-state index contributed by atoms with van der Waals surface area (Å²) in [5.74, 6) is 0.803. The molecule has 19 heavy (non-hydrogen) atoms. The highest BCUT2D eigenvalue weighted by molar-refractivity contribution is 7.17. The van der Waals surface area contributed by atoms with Crippen LogP contribution >= 0.6 is 11.3 Å². The van der Waals surface area contributed by atoms with Crippen molar-refractivity contribution in [1.29, 1.82) is 0 Å². The number of ketones is 1. The van der Waals surface area contributed by atoms with Gasteiger partial charge in [-0.2, -0.15) is 0 Å². The summed E-state index contributed by atoms with van der Waals surface area (Å²) in [7, 11) is 0. The summed E-state index contributed by atoms with van der Waals surface area (Å²) < 4.78 is 0. The average Bonchev–Trinajstić information content (AvgIpc) is 2.72. The molecule has 0 fully saturated rings. The largest absolute Gasteiger partial charge is 0.293 e. The Balaban J connectivity index is 2.03. The Hall–Kier alpha value is -1.62. The van der Waals surface area contributed by atoms with Gasteiger partial charge in [-0.15, -0.1) is 11.3 Å². The first-order chi connectivity index (χ1) is 8.94. The molecule has 0 N–H and O–H groups in total. The van der Waals surface area contributed by atoms with E-state index in [1.807, 2.05) is 6.92 Å². The van der Waals surface area contributed by atoms with E-state index in [2.05, 4.69) is 28.8 Å². The average molecular weight is 273 g/mol. The van der Waals surface area contributed by atoms with Gasteiger partial charge in [0.05, 0.1) is 10.6 Å².